The SMILES string of the molecule is COc1ccc(C(NCCc2c[nH]c3ccccc23)c2c(OC)cc(OC)cc2OC)cc1. The van der Waals surface area contributed by atoms with Gasteiger partial charge in [0.25, 0.3) is 0 Å². The number of fused-ring (bicyclic) bond motifs is 1. The van der Waals surface area contributed by atoms with Crippen LogP contribution in [0.4, 0.5) is 0 Å². The number of hydrogen-bond donors (Lipinski definition) is 2. The molecule has 0 radical (unpaired) electrons. The molecular formula is C27H30N2O4. The zero-order valence-electron chi connectivity index (χ0n) is 19.5. The fourth-order valence-electron chi connectivity index (χ4n) is 4.19. The smallest absolute Gasteiger partial charge is 0.131 e. The first kappa shape index (κ1) is 22.6. The molecule has 0 bridgehead atoms. The lowest BCUT2D eigenvalue weighted by molar-refractivity contribution is 0.362. The van der Waals surface area contributed by atoms with Crippen LogP contribution in [0, 0.1) is 0 Å². The molecule has 0 spiro atoms. The number of methoxy groups -OCH3 is 4. The van der Waals surface area contributed by atoms with Crippen LogP contribution in [0.2, 0.25) is 0 Å². The molecule has 6 nitrogen and oxygen atoms in total. The minimum Gasteiger partial charge on any atom is -0.497 e. The zero-order valence-corrected chi connectivity index (χ0v) is 19.5. The van der Waals surface area contributed by atoms with E-state index in [4.69, 9.17) is 18.9 Å². The first-order valence-corrected chi connectivity index (χ1v) is 10.9. The second-order valence-corrected chi connectivity index (χ2v) is 7.72. The first-order chi connectivity index (χ1) is 16.2. The summed E-state index contributed by atoms with van der Waals surface area (Å²) in [6.07, 6.45) is 2.96. The molecule has 0 saturated carbocycles. The van der Waals surface area contributed by atoms with Crippen molar-refractivity contribution in [3.8, 4) is 23.0 Å². The molecule has 1 atom stereocenters. The van der Waals surface area contributed by atoms with Crippen molar-refractivity contribution in [3.63, 3.8) is 0 Å². The van der Waals surface area contributed by atoms with Crippen molar-refractivity contribution >= 4 is 10.9 Å². The number of hydrogen-bond acceptors (Lipinski definition) is 5. The first-order valence-electron chi connectivity index (χ1n) is 10.9. The van der Waals surface area contributed by atoms with E-state index in [1.165, 1.54) is 10.9 Å². The van der Waals surface area contributed by atoms with E-state index >= 15 is 0 Å². The van der Waals surface area contributed by atoms with E-state index < -0.39 is 0 Å². The molecule has 0 aliphatic carbocycles. The van der Waals surface area contributed by atoms with Gasteiger partial charge in [-0.05, 0) is 35.7 Å². The number of rotatable bonds is 10. The standard InChI is InChI=1S/C27H30N2O4/c1-30-20-11-9-18(10-12-20)27(26-24(32-3)15-21(31-2)16-25(26)33-4)28-14-13-19-17-29-23-8-6-5-7-22(19)23/h5-12,15-17,27-29H,13-14H2,1-4H3. The maximum atomic E-state index is 5.76. The van der Waals surface area contributed by atoms with Crippen LogP contribution in [0.15, 0.2) is 66.9 Å². The van der Waals surface area contributed by atoms with Crippen LogP contribution in [0.25, 0.3) is 10.9 Å². The van der Waals surface area contributed by atoms with E-state index in [1.807, 2.05) is 30.3 Å². The van der Waals surface area contributed by atoms with Gasteiger partial charge >= 0.3 is 0 Å². The number of aromatic nitrogens is 1. The number of aromatic amines is 1. The molecule has 0 aliphatic rings. The van der Waals surface area contributed by atoms with E-state index in [0.717, 1.165) is 35.4 Å². The van der Waals surface area contributed by atoms with Crippen molar-refractivity contribution in [2.45, 2.75) is 12.5 Å². The van der Waals surface area contributed by atoms with Crippen molar-refractivity contribution < 1.29 is 18.9 Å². The van der Waals surface area contributed by atoms with Gasteiger partial charge in [0.05, 0.1) is 40.0 Å². The van der Waals surface area contributed by atoms with Gasteiger partial charge in [0.2, 0.25) is 0 Å². The van der Waals surface area contributed by atoms with Crippen LogP contribution in [0.3, 0.4) is 0 Å². The molecule has 172 valence electrons. The maximum Gasteiger partial charge on any atom is 0.131 e. The van der Waals surface area contributed by atoms with Gasteiger partial charge in [0.15, 0.2) is 0 Å². The van der Waals surface area contributed by atoms with Crippen LogP contribution in [-0.4, -0.2) is 40.0 Å². The van der Waals surface area contributed by atoms with Crippen molar-refractivity contribution in [3.05, 3.63) is 83.6 Å². The number of benzene rings is 3. The highest BCUT2D eigenvalue weighted by atomic mass is 16.5. The summed E-state index contributed by atoms with van der Waals surface area (Å²) in [5, 5.41) is 4.97. The molecule has 6 heteroatoms. The average Bonchev–Trinajstić information content (AvgIpc) is 3.29. The highest BCUT2D eigenvalue weighted by Gasteiger charge is 2.24. The third-order valence-electron chi connectivity index (χ3n) is 5.91. The maximum absolute atomic E-state index is 5.76. The van der Waals surface area contributed by atoms with Gasteiger partial charge in [-0.15, -0.1) is 0 Å². The molecule has 1 unspecified atom stereocenters. The number of H-pyrrole nitrogens is 1. The Hall–Kier alpha value is -3.64. The Morgan fingerprint density at radius 3 is 2.09 bits per heavy atom. The van der Waals surface area contributed by atoms with Gasteiger partial charge < -0.3 is 29.2 Å². The number of nitrogens with one attached hydrogen (secondary N) is 2. The van der Waals surface area contributed by atoms with Gasteiger partial charge in [-0.25, -0.2) is 0 Å². The van der Waals surface area contributed by atoms with E-state index in [2.05, 4.69) is 46.8 Å². The summed E-state index contributed by atoms with van der Waals surface area (Å²) in [5.74, 6) is 2.89. The van der Waals surface area contributed by atoms with Gasteiger partial charge in [0.1, 0.15) is 23.0 Å². The second kappa shape index (κ2) is 10.3. The van der Waals surface area contributed by atoms with Crippen molar-refractivity contribution in [1.29, 1.82) is 0 Å². The van der Waals surface area contributed by atoms with E-state index in [1.54, 1.807) is 28.4 Å². The minimum atomic E-state index is -0.156. The molecule has 4 aromatic rings. The van der Waals surface area contributed by atoms with Crippen molar-refractivity contribution in [1.82, 2.24) is 10.3 Å². The molecule has 1 aromatic heterocycles. The van der Waals surface area contributed by atoms with E-state index in [0.29, 0.717) is 17.2 Å². The van der Waals surface area contributed by atoms with Crippen molar-refractivity contribution in [2.24, 2.45) is 0 Å². The Balaban J connectivity index is 1.68. The zero-order chi connectivity index (χ0) is 23.2. The lowest BCUT2D eigenvalue weighted by Gasteiger charge is -2.25. The average molecular weight is 447 g/mol. The normalized spacial score (nSPS) is 11.9. The molecule has 0 fully saturated rings. The Morgan fingerprint density at radius 1 is 0.788 bits per heavy atom. The summed E-state index contributed by atoms with van der Waals surface area (Å²) in [6, 6.07) is 20.0. The van der Waals surface area contributed by atoms with Crippen molar-refractivity contribution in [2.75, 3.05) is 35.0 Å². The Labute approximate surface area is 194 Å². The van der Waals surface area contributed by atoms with Gasteiger partial charge in [0, 0.05) is 35.8 Å². The molecule has 0 aliphatic heterocycles. The number of para-hydroxylation sites is 1. The quantitative estimate of drug-likeness (QED) is 0.354. The monoisotopic (exact) mass is 446 g/mol. The minimum absolute atomic E-state index is 0.156. The van der Waals surface area contributed by atoms with Crippen LogP contribution >= 0.6 is 0 Å². The fourth-order valence-corrected chi connectivity index (χ4v) is 4.19. The molecule has 0 amide bonds. The highest BCUT2D eigenvalue weighted by Crippen LogP contribution is 2.41. The summed E-state index contributed by atoms with van der Waals surface area (Å²) >= 11 is 0. The highest BCUT2D eigenvalue weighted by molar-refractivity contribution is 5.83. The van der Waals surface area contributed by atoms with E-state index in [-0.39, 0.29) is 6.04 Å². The largest absolute Gasteiger partial charge is 0.497 e. The van der Waals surface area contributed by atoms with Crippen LogP contribution in [-0.2, 0) is 6.42 Å². The van der Waals surface area contributed by atoms with Gasteiger partial charge in [-0.2, -0.15) is 0 Å². The third kappa shape index (κ3) is 4.76. The predicted molar refractivity (Wildman–Crippen MR) is 131 cm³/mol. The van der Waals surface area contributed by atoms with Crippen LogP contribution in [0.1, 0.15) is 22.7 Å². The van der Waals surface area contributed by atoms with E-state index in [9.17, 15) is 0 Å². The van der Waals surface area contributed by atoms with Gasteiger partial charge in [-0.3, -0.25) is 0 Å². The summed E-state index contributed by atoms with van der Waals surface area (Å²) in [4.78, 5) is 3.36. The molecule has 0 saturated heterocycles. The third-order valence-corrected chi connectivity index (χ3v) is 5.91. The summed E-state index contributed by atoms with van der Waals surface area (Å²) in [6.45, 7) is 0.761. The Bertz CT molecular complexity index is 1180. The summed E-state index contributed by atoms with van der Waals surface area (Å²) in [5.41, 5.74) is 4.43. The lowest BCUT2D eigenvalue weighted by Crippen LogP contribution is -2.25. The molecule has 4 rings (SSSR count). The molecule has 2 N–H and O–H groups in total. The molecular weight excluding hydrogens is 416 g/mol. The fraction of sp³-hybridized carbons (Fsp3) is 0.259. The topological polar surface area (TPSA) is 64.7 Å². The number of ether oxygens (including phenoxy) is 4. The Kier molecular flexibility index (Phi) is 7.05. The van der Waals surface area contributed by atoms with Gasteiger partial charge in [-0.1, -0.05) is 30.3 Å². The van der Waals surface area contributed by atoms with Crippen LogP contribution < -0.4 is 24.3 Å². The predicted octanol–water partition coefficient (Wildman–Crippen LogP) is 5.12. The summed E-state index contributed by atoms with van der Waals surface area (Å²) < 4.78 is 22.3. The molecule has 3 aromatic carbocycles. The molecule has 33 heavy (non-hydrogen) atoms. The Morgan fingerprint density at radius 2 is 1.45 bits per heavy atom. The summed E-state index contributed by atoms with van der Waals surface area (Å²) in [7, 11) is 6.62. The molecule has 1 heterocycles. The van der Waals surface area contributed by atoms with Crippen LogP contribution in [0.5, 0.6) is 23.0 Å². The lowest BCUT2D eigenvalue weighted by atomic mass is 9.96. The second-order valence-electron chi connectivity index (χ2n) is 7.72.